The molecule has 4 heterocycles. The first kappa shape index (κ1) is 19.2. The molecule has 0 N–H and O–H groups in total. The fourth-order valence-corrected chi connectivity index (χ4v) is 4.81. The number of aromatic nitrogens is 4. The monoisotopic (exact) mass is 384 g/mol. The van der Waals surface area contributed by atoms with Crippen LogP contribution in [-0.2, 0) is 24.9 Å². The minimum atomic E-state index is 0.323. The van der Waals surface area contributed by atoms with Crippen LogP contribution in [0.4, 0.5) is 0 Å². The van der Waals surface area contributed by atoms with Gasteiger partial charge in [0.05, 0.1) is 12.0 Å². The van der Waals surface area contributed by atoms with Crippen LogP contribution >= 0.6 is 0 Å². The van der Waals surface area contributed by atoms with Crippen LogP contribution in [0.15, 0.2) is 24.9 Å². The number of aryl methyl sites for hydroxylation is 3. The fraction of sp³-hybridized carbons (Fsp3) is 0.667. The van der Waals surface area contributed by atoms with Gasteiger partial charge < -0.3 is 9.47 Å². The topological polar surface area (TPSA) is 59.2 Å². The third-order valence-electron chi connectivity index (χ3n) is 6.58. The number of imidazole rings is 1. The molecule has 2 aromatic heterocycles. The molecule has 4 rings (SSSR count). The van der Waals surface area contributed by atoms with Crippen LogP contribution < -0.4 is 0 Å². The summed E-state index contributed by atoms with van der Waals surface area (Å²) in [6.45, 7) is 8.04. The summed E-state index contributed by atoms with van der Waals surface area (Å²) < 4.78 is 3.99. The van der Waals surface area contributed by atoms with Crippen LogP contribution in [0.25, 0.3) is 0 Å². The molecule has 0 unspecified atom stereocenters. The van der Waals surface area contributed by atoms with Crippen LogP contribution in [-0.4, -0.2) is 61.2 Å². The third-order valence-corrected chi connectivity index (χ3v) is 6.58. The van der Waals surface area contributed by atoms with Gasteiger partial charge in [-0.15, -0.1) is 0 Å². The highest BCUT2D eigenvalue weighted by Gasteiger charge is 2.40. The lowest BCUT2D eigenvalue weighted by Crippen LogP contribution is -2.51. The van der Waals surface area contributed by atoms with E-state index >= 15 is 0 Å². The minimum absolute atomic E-state index is 0.323. The molecule has 28 heavy (non-hydrogen) atoms. The highest BCUT2D eigenvalue weighted by Crippen LogP contribution is 2.40. The Balaban J connectivity index is 1.29. The van der Waals surface area contributed by atoms with Crippen LogP contribution in [0.1, 0.15) is 43.4 Å². The number of hydrogen-bond acceptors (Lipinski definition) is 4. The largest absolute Gasteiger partial charge is 0.342 e. The van der Waals surface area contributed by atoms with Gasteiger partial charge in [0.1, 0.15) is 0 Å². The third kappa shape index (κ3) is 4.29. The normalized spacial score (nSPS) is 20.2. The Morgan fingerprint density at radius 1 is 1.18 bits per heavy atom. The first-order valence-corrected chi connectivity index (χ1v) is 10.5. The molecule has 0 saturated carbocycles. The maximum atomic E-state index is 12.4. The molecule has 2 saturated heterocycles. The van der Waals surface area contributed by atoms with Gasteiger partial charge in [0, 0.05) is 63.8 Å². The van der Waals surface area contributed by atoms with Gasteiger partial charge in [-0.3, -0.25) is 14.4 Å². The second kappa shape index (κ2) is 8.07. The molecule has 0 bridgehead atoms. The van der Waals surface area contributed by atoms with Crippen LogP contribution in [0.2, 0.25) is 0 Å². The lowest BCUT2D eigenvalue weighted by molar-refractivity contribution is -0.139. The SMILES string of the molecule is Cc1nn(C)cc1CN1CCC2(CCC(=O)N(CCCn3ccnc3)C2)CC1. The first-order valence-electron chi connectivity index (χ1n) is 10.5. The molecule has 2 fully saturated rings. The number of likely N-dealkylation sites (tertiary alicyclic amines) is 2. The van der Waals surface area contributed by atoms with Crippen LogP contribution in [0.3, 0.4) is 0 Å². The number of nitrogens with zero attached hydrogens (tertiary/aromatic N) is 6. The molecule has 7 heteroatoms. The second-order valence-corrected chi connectivity index (χ2v) is 8.66. The molecule has 1 amide bonds. The summed E-state index contributed by atoms with van der Waals surface area (Å²) in [7, 11) is 1.99. The standard InChI is InChI=1S/C21H32N6O/c1-18-19(14-24(2)23-18)15-25-11-6-21(7-12-25)5-4-20(28)27(16-21)10-3-9-26-13-8-22-17-26/h8,13-14,17H,3-7,9-12,15-16H2,1-2H3. The summed E-state index contributed by atoms with van der Waals surface area (Å²) in [6.07, 6.45) is 12.9. The smallest absolute Gasteiger partial charge is 0.222 e. The van der Waals surface area contributed by atoms with Crippen molar-refractivity contribution in [2.45, 2.75) is 52.1 Å². The van der Waals surface area contributed by atoms with E-state index in [1.54, 1.807) is 0 Å². The molecule has 0 aromatic carbocycles. The molecule has 1 spiro atoms. The van der Waals surface area contributed by atoms with E-state index in [2.05, 4.69) is 37.6 Å². The average molecular weight is 385 g/mol. The zero-order valence-corrected chi connectivity index (χ0v) is 17.2. The number of amides is 1. The molecule has 152 valence electrons. The highest BCUT2D eigenvalue weighted by molar-refractivity contribution is 5.77. The van der Waals surface area contributed by atoms with E-state index in [-0.39, 0.29) is 0 Å². The van der Waals surface area contributed by atoms with Crippen molar-refractivity contribution in [3.8, 4) is 0 Å². The zero-order valence-electron chi connectivity index (χ0n) is 17.2. The van der Waals surface area contributed by atoms with Crippen molar-refractivity contribution in [3.05, 3.63) is 36.2 Å². The van der Waals surface area contributed by atoms with Gasteiger partial charge >= 0.3 is 0 Å². The average Bonchev–Trinajstić information content (AvgIpc) is 3.30. The van der Waals surface area contributed by atoms with Gasteiger partial charge in [-0.25, -0.2) is 4.98 Å². The quantitative estimate of drug-likeness (QED) is 0.766. The van der Waals surface area contributed by atoms with Crippen molar-refractivity contribution in [1.82, 2.24) is 29.1 Å². The van der Waals surface area contributed by atoms with E-state index in [0.717, 1.165) is 57.8 Å². The number of piperidine rings is 2. The molecular formula is C21H32N6O. The van der Waals surface area contributed by atoms with Gasteiger partial charge in [-0.2, -0.15) is 5.10 Å². The number of carbonyl (C=O) groups is 1. The van der Waals surface area contributed by atoms with Crippen molar-refractivity contribution in [3.63, 3.8) is 0 Å². The summed E-state index contributed by atoms with van der Waals surface area (Å²) in [5.41, 5.74) is 2.79. The Hall–Kier alpha value is -2.15. The Kier molecular flexibility index (Phi) is 5.53. The summed E-state index contributed by atoms with van der Waals surface area (Å²) in [6, 6.07) is 0. The molecule has 2 aromatic rings. The fourth-order valence-electron chi connectivity index (χ4n) is 4.81. The van der Waals surface area contributed by atoms with E-state index in [0.29, 0.717) is 17.7 Å². The molecule has 2 aliphatic heterocycles. The van der Waals surface area contributed by atoms with Crippen molar-refractivity contribution >= 4 is 5.91 Å². The first-order chi connectivity index (χ1) is 13.5. The Bertz CT molecular complexity index is 788. The van der Waals surface area contributed by atoms with Gasteiger partial charge in [-0.05, 0) is 51.1 Å². The van der Waals surface area contributed by atoms with Crippen molar-refractivity contribution < 1.29 is 4.79 Å². The van der Waals surface area contributed by atoms with Gasteiger partial charge in [-0.1, -0.05) is 0 Å². The predicted molar refractivity (Wildman–Crippen MR) is 108 cm³/mol. The lowest BCUT2D eigenvalue weighted by atomic mass is 9.72. The van der Waals surface area contributed by atoms with Crippen molar-refractivity contribution in [2.24, 2.45) is 12.5 Å². The molecule has 0 atom stereocenters. The summed E-state index contributed by atoms with van der Waals surface area (Å²) in [5.74, 6) is 0.338. The van der Waals surface area contributed by atoms with E-state index in [4.69, 9.17) is 0 Å². The zero-order chi connectivity index (χ0) is 19.6. The van der Waals surface area contributed by atoms with E-state index < -0.39 is 0 Å². The second-order valence-electron chi connectivity index (χ2n) is 8.66. The maximum absolute atomic E-state index is 12.4. The number of carbonyl (C=O) groups excluding carboxylic acids is 1. The molecule has 0 aliphatic carbocycles. The number of rotatable bonds is 6. The number of hydrogen-bond donors (Lipinski definition) is 0. The summed E-state index contributed by atoms with van der Waals surface area (Å²) in [4.78, 5) is 21.2. The van der Waals surface area contributed by atoms with E-state index in [1.165, 1.54) is 18.4 Å². The summed E-state index contributed by atoms with van der Waals surface area (Å²) >= 11 is 0. The van der Waals surface area contributed by atoms with E-state index in [9.17, 15) is 4.79 Å². The van der Waals surface area contributed by atoms with Crippen LogP contribution in [0.5, 0.6) is 0 Å². The van der Waals surface area contributed by atoms with Crippen molar-refractivity contribution in [2.75, 3.05) is 26.2 Å². The van der Waals surface area contributed by atoms with Crippen molar-refractivity contribution in [1.29, 1.82) is 0 Å². The molecule has 7 nitrogen and oxygen atoms in total. The molecule has 0 radical (unpaired) electrons. The molecule has 2 aliphatic rings. The van der Waals surface area contributed by atoms with Gasteiger partial charge in [0.2, 0.25) is 5.91 Å². The maximum Gasteiger partial charge on any atom is 0.222 e. The van der Waals surface area contributed by atoms with Gasteiger partial charge in [0.15, 0.2) is 0 Å². The predicted octanol–water partition coefficient (Wildman–Crippen LogP) is 2.22. The Morgan fingerprint density at radius 3 is 2.68 bits per heavy atom. The lowest BCUT2D eigenvalue weighted by Gasteiger charge is -2.47. The van der Waals surface area contributed by atoms with E-state index in [1.807, 2.05) is 30.5 Å². The summed E-state index contributed by atoms with van der Waals surface area (Å²) in [5, 5.41) is 4.47. The van der Waals surface area contributed by atoms with Gasteiger partial charge in [0.25, 0.3) is 0 Å². The van der Waals surface area contributed by atoms with Crippen LogP contribution in [0, 0.1) is 12.3 Å². The highest BCUT2D eigenvalue weighted by atomic mass is 16.2. The molecular weight excluding hydrogens is 352 g/mol. The Labute approximate surface area is 167 Å². The minimum Gasteiger partial charge on any atom is -0.342 e. The Morgan fingerprint density at radius 2 is 2.00 bits per heavy atom.